The molecule has 4 aromatic rings. The Bertz CT molecular complexity index is 1320. The molecule has 2 aromatic carbocycles. The number of nitrogen functional groups attached to an aromatic ring is 1. The topological polar surface area (TPSA) is 90.3 Å². The smallest absolute Gasteiger partial charge is 0.212 e. The third-order valence-corrected chi connectivity index (χ3v) is 7.44. The van der Waals surface area contributed by atoms with Crippen LogP contribution >= 0.6 is 35.0 Å². The third-order valence-electron chi connectivity index (χ3n) is 4.29. The Balaban J connectivity index is 1.93. The first-order chi connectivity index (χ1) is 13.8. The summed E-state index contributed by atoms with van der Waals surface area (Å²) in [7, 11) is -3.93. The molecule has 2 aromatic heterocycles. The van der Waals surface area contributed by atoms with Crippen LogP contribution in [-0.2, 0) is 9.84 Å². The number of rotatable bonds is 4. The Morgan fingerprint density at radius 3 is 2.17 bits per heavy atom. The molecule has 2 heterocycles. The lowest BCUT2D eigenvalue weighted by Gasteiger charge is -2.12. The molecule has 2 N–H and O–H groups in total. The van der Waals surface area contributed by atoms with Crippen molar-refractivity contribution in [2.75, 3.05) is 12.0 Å². The van der Waals surface area contributed by atoms with Crippen LogP contribution in [-0.4, -0.2) is 29.3 Å². The van der Waals surface area contributed by atoms with Gasteiger partial charge in [0.25, 0.3) is 0 Å². The molecule has 0 spiro atoms. The Hall–Kier alpha value is -2.26. The highest BCUT2D eigenvalue weighted by molar-refractivity contribution is 7.99. The van der Waals surface area contributed by atoms with Crippen LogP contribution in [0.25, 0.3) is 16.9 Å². The lowest BCUT2D eigenvalue weighted by molar-refractivity contribution is 0.592. The van der Waals surface area contributed by atoms with E-state index in [9.17, 15) is 8.42 Å². The number of anilines is 1. The van der Waals surface area contributed by atoms with Gasteiger partial charge >= 0.3 is 0 Å². The highest BCUT2D eigenvalue weighted by Gasteiger charge is 2.28. The standard InChI is InChI=1S/C19H14Cl2N4O2S2/c1-28-19-17(29(26,27)14-8-6-13(21)7-9-14)18(22)25-16(23-19)10-15(24-25)11-2-4-12(20)5-3-11/h2-10H,22H2,1H3. The maximum absolute atomic E-state index is 13.3. The summed E-state index contributed by atoms with van der Waals surface area (Å²) in [5.41, 5.74) is 8.15. The van der Waals surface area contributed by atoms with Crippen molar-refractivity contribution in [1.29, 1.82) is 0 Å². The monoisotopic (exact) mass is 464 g/mol. The minimum atomic E-state index is -3.93. The molecule has 0 saturated heterocycles. The van der Waals surface area contributed by atoms with Crippen LogP contribution < -0.4 is 5.73 Å². The second kappa shape index (κ2) is 7.53. The first-order valence-electron chi connectivity index (χ1n) is 8.31. The van der Waals surface area contributed by atoms with Crippen LogP contribution in [0.5, 0.6) is 0 Å². The quantitative estimate of drug-likeness (QED) is 0.343. The van der Waals surface area contributed by atoms with E-state index in [0.29, 0.717) is 26.4 Å². The molecule has 0 unspecified atom stereocenters. The van der Waals surface area contributed by atoms with Crippen molar-refractivity contribution in [3.8, 4) is 11.3 Å². The zero-order valence-corrected chi connectivity index (χ0v) is 18.1. The molecule has 148 valence electrons. The fourth-order valence-corrected chi connectivity index (χ4v) is 5.55. The summed E-state index contributed by atoms with van der Waals surface area (Å²) in [6, 6.07) is 14.8. The van der Waals surface area contributed by atoms with Crippen LogP contribution in [0.2, 0.25) is 10.0 Å². The van der Waals surface area contributed by atoms with Gasteiger partial charge in [-0.3, -0.25) is 0 Å². The minimum absolute atomic E-state index is 0.00508. The van der Waals surface area contributed by atoms with E-state index in [1.807, 2.05) is 12.1 Å². The van der Waals surface area contributed by atoms with Gasteiger partial charge in [0.15, 0.2) is 5.65 Å². The normalized spacial score (nSPS) is 11.8. The average Bonchev–Trinajstić information content (AvgIpc) is 3.13. The van der Waals surface area contributed by atoms with Gasteiger partial charge in [0.05, 0.1) is 10.6 Å². The molecule has 0 fully saturated rings. The molecular formula is C19H14Cl2N4O2S2. The van der Waals surface area contributed by atoms with Gasteiger partial charge in [-0.2, -0.15) is 9.61 Å². The molecular weight excluding hydrogens is 451 g/mol. The molecule has 0 saturated carbocycles. The van der Waals surface area contributed by atoms with Crippen LogP contribution in [0.4, 0.5) is 5.82 Å². The van der Waals surface area contributed by atoms with Crippen molar-refractivity contribution in [2.45, 2.75) is 14.8 Å². The molecule has 0 aliphatic rings. The maximum Gasteiger partial charge on any atom is 0.212 e. The van der Waals surface area contributed by atoms with Gasteiger partial charge in [-0.15, -0.1) is 11.8 Å². The van der Waals surface area contributed by atoms with Crippen molar-refractivity contribution in [3.63, 3.8) is 0 Å². The van der Waals surface area contributed by atoms with Gasteiger partial charge in [-0.05, 0) is 42.7 Å². The number of thioether (sulfide) groups is 1. The lowest BCUT2D eigenvalue weighted by atomic mass is 10.2. The van der Waals surface area contributed by atoms with Crippen molar-refractivity contribution >= 4 is 56.3 Å². The minimum Gasteiger partial charge on any atom is -0.382 e. The summed E-state index contributed by atoms with van der Waals surface area (Å²) in [6.45, 7) is 0. The van der Waals surface area contributed by atoms with Crippen molar-refractivity contribution in [1.82, 2.24) is 14.6 Å². The van der Waals surface area contributed by atoms with Crippen molar-refractivity contribution in [2.24, 2.45) is 0 Å². The third kappa shape index (κ3) is 3.57. The van der Waals surface area contributed by atoms with Crippen molar-refractivity contribution < 1.29 is 8.42 Å². The number of benzene rings is 2. The lowest BCUT2D eigenvalue weighted by Crippen LogP contribution is -2.13. The molecule has 4 rings (SSSR count). The number of nitrogens with two attached hydrogens (primary N) is 1. The summed E-state index contributed by atoms with van der Waals surface area (Å²) >= 11 is 13.0. The van der Waals surface area contributed by atoms with Gasteiger partial charge in [0, 0.05) is 21.7 Å². The van der Waals surface area contributed by atoms with Crippen LogP contribution in [0.15, 0.2) is 69.4 Å². The summed E-state index contributed by atoms with van der Waals surface area (Å²) in [6.07, 6.45) is 1.75. The number of halogens is 2. The Morgan fingerprint density at radius 1 is 1.00 bits per heavy atom. The number of hydrogen-bond acceptors (Lipinski definition) is 6. The average molecular weight is 465 g/mol. The van der Waals surface area contributed by atoms with E-state index in [1.54, 1.807) is 24.5 Å². The Morgan fingerprint density at radius 2 is 1.59 bits per heavy atom. The largest absolute Gasteiger partial charge is 0.382 e. The predicted molar refractivity (Wildman–Crippen MR) is 117 cm³/mol. The first kappa shape index (κ1) is 20.0. The first-order valence-corrected chi connectivity index (χ1v) is 11.8. The van der Waals surface area contributed by atoms with Gasteiger partial charge < -0.3 is 5.73 Å². The Labute approximate surface area is 181 Å². The van der Waals surface area contributed by atoms with E-state index >= 15 is 0 Å². The van der Waals surface area contributed by atoms with Gasteiger partial charge in [0.1, 0.15) is 15.7 Å². The maximum atomic E-state index is 13.3. The highest BCUT2D eigenvalue weighted by Crippen LogP contribution is 2.35. The van der Waals surface area contributed by atoms with E-state index in [1.165, 1.54) is 40.5 Å². The number of hydrogen-bond donors (Lipinski definition) is 1. The molecule has 0 amide bonds. The number of fused-ring (bicyclic) bond motifs is 1. The van der Waals surface area contributed by atoms with Crippen LogP contribution in [0, 0.1) is 0 Å². The highest BCUT2D eigenvalue weighted by atomic mass is 35.5. The van der Waals surface area contributed by atoms with Gasteiger partial charge in [0.2, 0.25) is 9.84 Å². The SMILES string of the molecule is CSc1nc2cc(-c3ccc(Cl)cc3)nn2c(N)c1S(=O)(=O)c1ccc(Cl)cc1. The second-order valence-corrected chi connectivity index (χ2v) is 9.65. The molecule has 10 heteroatoms. The van der Waals surface area contributed by atoms with E-state index < -0.39 is 9.84 Å². The molecule has 0 aliphatic carbocycles. The van der Waals surface area contributed by atoms with E-state index in [4.69, 9.17) is 28.9 Å². The number of aromatic nitrogens is 3. The summed E-state index contributed by atoms with van der Waals surface area (Å²) in [5.74, 6) is -0.00508. The van der Waals surface area contributed by atoms with Gasteiger partial charge in [-0.25, -0.2) is 13.4 Å². The number of nitrogens with zero attached hydrogens (tertiary/aromatic N) is 3. The van der Waals surface area contributed by atoms with Crippen molar-refractivity contribution in [3.05, 3.63) is 64.6 Å². The molecule has 0 aliphatic heterocycles. The second-order valence-electron chi connectivity index (χ2n) is 6.10. The van der Waals surface area contributed by atoms with E-state index in [0.717, 1.165) is 5.56 Å². The molecule has 29 heavy (non-hydrogen) atoms. The molecule has 0 atom stereocenters. The molecule has 6 nitrogen and oxygen atoms in total. The zero-order valence-electron chi connectivity index (χ0n) is 15.0. The summed E-state index contributed by atoms with van der Waals surface area (Å²) in [5, 5.41) is 5.81. The fourth-order valence-electron chi connectivity index (χ4n) is 2.87. The molecule has 0 bridgehead atoms. The summed E-state index contributed by atoms with van der Waals surface area (Å²) in [4.78, 5) is 4.48. The van der Waals surface area contributed by atoms with Crippen LogP contribution in [0.3, 0.4) is 0 Å². The Kier molecular flexibility index (Phi) is 5.20. The number of sulfone groups is 1. The summed E-state index contributed by atoms with van der Waals surface area (Å²) < 4.78 is 27.9. The van der Waals surface area contributed by atoms with Gasteiger partial charge in [-0.1, -0.05) is 35.3 Å². The van der Waals surface area contributed by atoms with E-state index in [-0.39, 0.29) is 15.6 Å². The van der Waals surface area contributed by atoms with E-state index in [2.05, 4.69) is 10.1 Å². The predicted octanol–water partition coefficient (Wildman–Crippen LogP) is 4.84. The fraction of sp³-hybridized carbons (Fsp3) is 0.0526. The van der Waals surface area contributed by atoms with Crippen LogP contribution in [0.1, 0.15) is 0 Å². The molecule has 0 radical (unpaired) electrons. The zero-order chi connectivity index (χ0) is 20.8.